The maximum absolute atomic E-state index is 13.7. The molecule has 1 atom stereocenters. The Morgan fingerprint density at radius 3 is 2.74 bits per heavy atom. The van der Waals surface area contributed by atoms with Crippen molar-refractivity contribution in [3.63, 3.8) is 0 Å². The molecule has 1 fully saturated rings. The number of alkyl halides is 3. The minimum absolute atomic E-state index is 0.0730. The first-order valence-corrected chi connectivity index (χ1v) is 12.7. The van der Waals surface area contributed by atoms with E-state index in [1.165, 1.54) is 0 Å². The summed E-state index contributed by atoms with van der Waals surface area (Å²) in [6.07, 6.45) is -2.12. The minimum Gasteiger partial charge on any atom is -0.485 e. The fourth-order valence-corrected chi connectivity index (χ4v) is 4.70. The molecule has 1 saturated heterocycles. The average Bonchev–Trinajstić information content (AvgIpc) is 3.40. The number of carbonyl (C=O) groups excluding carboxylic acids is 1. The molecule has 0 radical (unpaired) electrons. The highest BCUT2D eigenvalue weighted by Crippen LogP contribution is 2.39. The zero-order valence-corrected chi connectivity index (χ0v) is 21.9. The first-order valence-electron chi connectivity index (χ1n) is 12.7. The van der Waals surface area contributed by atoms with Gasteiger partial charge < -0.3 is 29.9 Å². The van der Waals surface area contributed by atoms with Crippen LogP contribution < -0.4 is 25.0 Å². The lowest BCUT2D eigenvalue weighted by atomic mass is 10.1. The number of nitrogens with zero attached hydrogens (tertiary/aromatic N) is 3. The summed E-state index contributed by atoms with van der Waals surface area (Å²) in [7, 11) is 3.91. The van der Waals surface area contributed by atoms with E-state index in [0.717, 1.165) is 24.1 Å². The summed E-state index contributed by atoms with van der Waals surface area (Å²) in [6, 6.07) is 10.5. The van der Waals surface area contributed by atoms with Gasteiger partial charge in [-0.1, -0.05) is 6.07 Å². The Balaban J connectivity index is 1.39. The number of likely N-dealkylation sites (N-methyl/N-ethyl adjacent to an activating group) is 1. The van der Waals surface area contributed by atoms with E-state index in [4.69, 9.17) is 9.47 Å². The number of pyridine rings is 1. The second kappa shape index (κ2) is 10.6. The molecule has 2 aromatic carbocycles. The van der Waals surface area contributed by atoms with Crippen molar-refractivity contribution in [1.82, 2.24) is 9.88 Å². The molecule has 1 amide bonds. The zero-order chi connectivity index (χ0) is 27.7. The summed E-state index contributed by atoms with van der Waals surface area (Å²) in [5.41, 5.74) is 0.696. The molecule has 11 heteroatoms. The van der Waals surface area contributed by atoms with Crippen LogP contribution in [0, 0.1) is 6.92 Å². The summed E-state index contributed by atoms with van der Waals surface area (Å²) < 4.78 is 53.0. The molecular formula is C28H30F3N5O3. The van der Waals surface area contributed by atoms with Crippen molar-refractivity contribution in [3.05, 3.63) is 65.4 Å². The molecule has 2 aliphatic rings. The first kappa shape index (κ1) is 26.6. The Bertz CT molecular complexity index is 1380. The number of carbonyl (C=O) groups is 1. The Kier molecular flexibility index (Phi) is 7.26. The monoisotopic (exact) mass is 541 g/mol. The number of benzene rings is 2. The molecule has 206 valence electrons. The quantitative estimate of drug-likeness (QED) is 0.433. The van der Waals surface area contributed by atoms with Gasteiger partial charge in [0.15, 0.2) is 11.6 Å². The van der Waals surface area contributed by atoms with Crippen LogP contribution in [0.1, 0.15) is 27.9 Å². The molecule has 8 nitrogen and oxygen atoms in total. The second-order valence-electron chi connectivity index (χ2n) is 9.92. The van der Waals surface area contributed by atoms with E-state index < -0.39 is 17.6 Å². The summed E-state index contributed by atoms with van der Waals surface area (Å²) in [4.78, 5) is 21.4. The third kappa shape index (κ3) is 5.88. The zero-order valence-electron chi connectivity index (χ0n) is 21.9. The SMILES string of the molecule is Cc1ccc(C(=O)Nc2cc(N3CCC(N(C)C)C3)cc(C(F)(F)F)c2)cc1Oc1ccnc2c1OCCN2. The molecular weight excluding hydrogens is 511 g/mol. The number of aromatic nitrogens is 1. The lowest BCUT2D eigenvalue weighted by Crippen LogP contribution is -2.31. The van der Waals surface area contributed by atoms with Crippen LogP contribution in [0.2, 0.25) is 0 Å². The van der Waals surface area contributed by atoms with Gasteiger partial charge >= 0.3 is 6.18 Å². The van der Waals surface area contributed by atoms with E-state index in [1.54, 1.807) is 36.5 Å². The van der Waals surface area contributed by atoms with Crippen molar-refractivity contribution in [2.75, 3.05) is 55.9 Å². The van der Waals surface area contributed by atoms with Gasteiger partial charge in [-0.15, -0.1) is 0 Å². The van der Waals surface area contributed by atoms with E-state index in [9.17, 15) is 18.0 Å². The molecule has 5 rings (SSSR count). The van der Waals surface area contributed by atoms with Crippen LogP contribution in [0.3, 0.4) is 0 Å². The van der Waals surface area contributed by atoms with E-state index in [-0.39, 0.29) is 17.3 Å². The van der Waals surface area contributed by atoms with Gasteiger partial charge in [0.25, 0.3) is 5.91 Å². The normalized spacial score (nSPS) is 16.9. The van der Waals surface area contributed by atoms with Gasteiger partial charge in [-0.3, -0.25) is 4.79 Å². The van der Waals surface area contributed by atoms with Crippen LogP contribution in [-0.2, 0) is 6.18 Å². The molecule has 3 aromatic rings. The van der Waals surface area contributed by atoms with Crippen molar-refractivity contribution in [2.24, 2.45) is 0 Å². The molecule has 0 spiro atoms. The van der Waals surface area contributed by atoms with Gasteiger partial charge in [0.05, 0.1) is 12.1 Å². The summed E-state index contributed by atoms with van der Waals surface area (Å²) in [5, 5.41) is 5.79. The predicted octanol–water partition coefficient (Wildman–Crippen LogP) is 5.40. The molecule has 1 unspecified atom stereocenters. The number of rotatable bonds is 6. The van der Waals surface area contributed by atoms with Crippen LogP contribution in [0.15, 0.2) is 48.7 Å². The number of hydrogen-bond donors (Lipinski definition) is 2. The van der Waals surface area contributed by atoms with E-state index in [0.29, 0.717) is 55.0 Å². The van der Waals surface area contributed by atoms with Gasteiger partial charge in [-0.25, -0.2) is 4.98 Å². The van der Waals surface area contributed by atoms with E-state index in [1.807, 2.05) is 25.9 Å². The fraction of sp³-hybridized carbons (Fsp3) is 0.357. The number of ether oxygens (including phenoxy) is 2. The fourth-order valence-electron chi connectivity index (χ4n) is 4.70. The first-order chi connectivity index (χ1) is 18.6. The predicted molar refractivity (Wildman–Crippen MR) is 143 cm³/mol. The topological polar surface area (TPSA) is 79.0 Å². The van der Waals surface area contributed by atoms with Crippen LogP contribution in [0.4, 0.5) is 30.4 Å². The van der Waals surface area contributed by atoms with Crippen LogP contribution in [0.5, 0.6) is 17.2 Å². The largest absolute Gasteiger partial charge is 0.485 e. The second-order valence-corrected chi connectivity index (χ2v) is 9.92. The van der Waals surface area contributed by atoms with Gasteiger partial charge in [-0.05, 0) is 63.3 Å². The number of hydrogen-bond acceptors (Lipinski definition) is 7. The smallest absolute Gasteiger partial charge is 0.416 e. The number of anilines is 3. The Labute approximate surface area is 224 Å². The molecule has 0 aliphatic carbocycles. The third-order valence-corrected chi connectivity index (χ3v) is 6.94. The Morgan fingerprint density at radius 1 is 1.18 bits per heavy atom. The van der Waals surface area contributed by atoms with Crippen molar-refractivity contribution in [3.8, 4) is 17.2 Å². The highest BCUT2D eigenvalue weighted by atomic mass is 19.4. The van der Waals surface area contributed by atoms with Crippen LogP contribution in [0.25, 0.3) is 0 Å². The van der Waals surface area contributed by atoms with Crippen LogP contribution >= 0.6 is 0 Å². The number of fused-ring (bicyclic) bond motifs is 1. The summed E-state index contributed by atoms with van der Waals surface area (Å²) >= 11 is 0. The molecule has 0 bridgehead atoms. The minimum atomic E-state index is -4.55. The highest BCUT2D eigenvalue weighted by Gasteiger charge is 2.33. The lowest BCUT2D eigenvalue weighted by molar-refractivity contribution is -0.137. The van der Waals surface area contributed by atoms with Gasteiger partial charge in [-0.2, -0.15) is 13.2 Å². The molecule has 3 heterocycles. The van der Waals surface area contributed by atoms with Gasteiger partial charge in [0.2, 0.25) is 5.75 Å². The number of amides is 1. The standard InChI is InChI=1S/C28H30F3N5O3/c1-17-4-5-18(12-24(17)39-23-6-8-32-26-25(23)38-11-9-33-26)27(37)34-20-13-19(28(29,30)31)14-22(15-20)36-10-7-21(16-36)35(2)3/h4-6,8,12-15,21H,7,9-11,16H2,1-3H3,(H,32,33)(H,34,37). The Morgan fingerprint density at radius 2 is 2.00 bits per heavy atom. The maximum Gasteiger partial charge on any atom is 0.416 e. The van der Waals surface area contributed by atoms with Gasteiger partial charge in [0, 0.05) is 48.3 Å². The van der Waals surface area contributed by atoms with E-state index in [2.05, 4.69) is 20.5 Å². The number of nitrogens with one attached hydrogen (secondary N) is 2. The van der Waals surface area contributed by atoms with Crippen molar-refractivity contribution < 1.29 is 27.4 Å². The molecule has 2 aliphatic heterocycles. The number of aryl methyl sites for hydroxylation is 1. The highest BCUT2D eigenvalue weighted by molar-refractivity contribution is 6.05. The van der Waals surface area contributed by atoms with Gasteiger partial charge in [0.1, 0.15) is 12.4 Å². The average molecular weight is 542 g/mol. The van der Waals surface area contributed by atoms with Crippen molar-refractivity contribution in [1.29, 1.82) is 0 Å². The van der Waals surface area contributed by atoms with Crippen LogP contribution in [-0.4, -0.2) is 62.2 Å². The summed E-state index contributed by atoms with van der Waals surface area (Å²) in [5.74, 6) is 1.36. The number of halogens is 3. The molecule has 1 aromatic heterocycles. The summed E-state index contributed by atoms with van der Waals surface area (Å²) in [6.45, 7) is 4.17. The van der Waals surface area contributed by atoms with Crippen molar-refractivity contribution >= 4 is 23.1 Å². The lowest BCUT2D eigenvalue weighted by Gasteiger charge is -2.23. The Hall–Kier alpha value is -3.99. The molecule has 0 saturated carbocycles. The molecule has 2 N–H and O–H groups in total. The van der Waals surface area contributed by atoms with E-state index >= 15 is 0 Å². The third-order valence-electron chi connectivity index (χ3n) is 6.94. The molecule has 39 heavy (non-hydrogen) atoms. The maximum atomic E-state index is 13.7. The van der Waals surface area contributed by atoms with Crippen molar-refractivity contribution in [2.45, 2.75) is 25.6 Å².